The quantitative estimate of drug-likeness (QED) is 0.292. The number of hydrogen-bond acceptors (Lipinski definition) is 7. The molecule has 2 heterocycles. The van der Waals surface area contributed by atoms with Gasteiger partial charge in [0.25, 0.3) is 5.91 Å². The Bertz CT molecular complexity index is 1170. The van der Waals surface area contributed by atoms with Gasteiger partial charge in [-0.2, -0.15) is 13.5 Å². The zero-order valence-electron chi connectivity index (χ0n) is 16.2. The Kier molecular flexibility index (Phi) is 5.39. The summed E-state index contributed by atoms with van der Waals surface area (Å²) in [5.41, 5.74) is 0.681. The lowest BCUT2D eigenvalue weighted by molar-refractivity contribution is -0.148. The molecule has 2 fully saturated rings. The summed E-state index contributed by atoms with van der Waals surface area (Å²) in [5, 5.41) is 2.99. The highest BCUT2D eigenvalue weighted by Crippen LogP contribution is 2.31. The van der Waals surface area contributed by atoms with Crippen LogP contribution in [0.1, 0.15) is 18.4 Å². The summed E-state index contributed by atoms with van der Waals surface area (Å²) in [5.74, 6) is 4.37. The third kappa shape index (κ3) is 4.23. The third-order valence-corrected chi connectivity index (χ3v) is 5.81. The van der Waals surface area contributed by atoms with Crippen molar-refractivity contribution >= 4 is 39.0 Å². The molecule has 0 aliphatic carbocycles. The molecule has 0 unspecified atom stereocenters. The fourth-order valence-corrected chi connectivity index (χ4v) is 4.37. The first-order valence-electron chi connectivity index (χ1n) is 9.50. The van der Waals surface area contributed by atoms with Crippen molar-refractivity contribution in [3.05, 3.63) is 48.0 Å². The molecule has 0 radical (unpaired) electrons. The average Bonchev–Trinajstić information content (AvgIpc) is 2.96. The summed E-state index contributed by atoms with van der Waals surface area (Å²) in [4.78, 5) is 39.0. The zero-order valence-corrected chi connectivity index (χ0v) is 17.1. The second-order valence-electron chi connectivity index (χ2n) is 7.47. The predicted molar refractivity (Wildman–Crippen MR) is 107 cm³/mol. The first-order chi connectivity index (χ1) is 14.6. The summed E-state index contributed by atoms with van der Waals surface area (Å²) < 4.78 is 35.1. The highest BCUT2D eigenvalue weighted by Gasteiger charge is 2.50. The molecule has 2 aromatic rings. The summed E-state index contributed by atoms with van der Waals surface area (Å²) in [6, 6.07) is 10.5. The van der Waals surface area contributed by atoms with Gasteiger partial charge in [0.2, 0.25) is 5.91 Å². The first kappa shape index (κ1) is 21.2. The van der Waals surface area contributed by atoms with E-state index in [0.29, 0.717) is 15.6 Å². The van der Waals surface area contributed by atoms with Gasteiger partial charge in [-0.25, -0.2) is 15.6 Å². The monoisotopic (exact) mass is 448 g/mol. The molecule has 0 saturated carbocycles. The number of rotatable bonds is 5. The molecule has 0 aromatic heterocycles. The average molecular weight is 448 g/mol. The van der Waals surface area contributed by atoms with Crippen LogP contribution in [0.5, 0.6) is 0 Å². The van der Waals surface area contributed by atoms with E-state index in [9.17, 15) is 22.8 Å². The largest absolute Gasteiger partial charge is 0.418 e. The fourth-order valence-electron chi connectivity index (χ4n) is 3.98. The first-order valence-corrected chi connectivity index (χ1v) is 10.9. The molecule has 2 aliphatic heterocycles. The Labute approximate surface area is 177 Å². The van der Waals surface area contributed by atoms with E-state index in [0.717, 1.165) is 15.7 Å². The van der Waals surface area contributed by atoms with E-state index in [2.05, 4.69) is 4.28 Å². The van der Waals surface area contributed by atoms with E-state index in [1.807, 2.05) is 36.4 Å². The van der Waals surface area contributed by atoms with E-state index < -0.39 is 40.3 Å². The Morgan fingerprint density at radius 1 is 1.16 bits per heavy atom. The van der Waals surface area contributed by atoms with Crippen molar-refractivity contribution in [1.82, 2.24) is 15.0 Å². The van der Waals surface area contributed by atoms with Crippen LogP contribution in [0.15, 0.2) is 42.5 Å². The van der Waals surface area contributed by atoms with E-state index in [1.54, 1.807) is 6.07 Å². The molecular formula is C19H20N4O7S. The van der Waals surface area contributed by atoms with Crippen LogP contribution in [-0.4, -0.2) is 64.4 Å². The van der Waals surface area contributed by atoms with Crippen LogP contribution in [0.4, 0.5) is 4.79 Å². The minimum atomic E-state index is -4.89. The SMILES string of the molecule is NN(C(=O)Cc1ccc2ccccc2c1)C(=O)[C@@H]1CC[C@@H]2CN1C(=O)N2OS(=O)(=O)O. The zero-order chi connectivity index (χ0) is 22.3. The number of hydrogen-bond donors (Lipinski definition) is 2. The van der Waals surface area contributed by atoms with Crippen molar-refractivity contribution < 1.29 is 31.6 Å². The lowest BCUT2D eigenvalue weighted by atomic mass is 10.00. The lowest BCUT2D eigenvalue weighted by Crippen LogP contribution is -2.55. The Hall–Kier alpha value is -3.06. The number of carbonyl (C=O) groups excluding carboxylic acids is 3. The number of carbonyl (C=O) groups is 3. The van der Waals surface area contributed by atoms with Crippen molar-refractivity contribution in [1.29, 1.82) is 0 Å². The fraction of sp³-hybridized carbons (Fsp3) is 0.316. The molecule has 164 valence electrons. The summed E-state index contributed by atoms with van der Waals surface area (Å²) >= 11 is 0. The van der Waals surface area contributed by atoms with Gasteiger partial charge in [-0.1, -0.05) is 42.5 Å². The molecule has 2 aromatic carbocycles. The van der Waals surface area contributed by atoms with Crippen molar-refractivity contribution in [3.8, 4) is 0 Å². The van der Waals surface area contributed by atoms with Gasteiger partial charge >= 0.3 is 16.4 Å². The molecule has 31 heavy (non-hydrogen) atoms. The van der Waals surface area contributed by atoms with Crippen molar-refractivity contribution in [2.75, 3.05) is 6.54 Å². The molecule has 2 bridgehead atoms. The highest BCUT2D eigenvalue weighted by atomic mass is 32.3. The van der Waals surface area contributed by atoms with Gasteiger partial charge in [-0.3, -0.25) is 14.1 Å². The van der Waals surface area contributed by atoms with Gasteiger partial charge in [0.05, 0.1) is 12.5 Å². The molecule has 2 atom stereocenters. The van der Waals surface area contributed by atoms with Crippen molar-refractivity contribution in [3.63, 3.8) is 0 Å². The van der Waals surface area contributed by atoms with Gasteiger partial charge < -0.3 is 4.90 Å². The summed E-state index contributed by atoms with van der Waals surface area (Å²) in [7, 11) is -4.89. The van der Waals surface area contributed by atoms with E-state index in [1.165, 1.54) is 0 Å². The van der Waals surface area contributed by atoms with Crippen LogP contribution in [0.3, 0.4) is 0 Å². The van der Waals surface area contributed by atoms with Crippen LogP contribution >= 0.6 is 0 Å². The molecule has 4 rings (SSSR count). The van der Waals surface area contributed by atoms with E-state index in [-0.39, 0.29) is 25.8 Å². The lowest BCUT2D eigenvalue weighted by Gasteiger charge is -2.31. The minimum Gasteiger partial charge on any atom is -0.309 e. The molecule has 2 saturated heterocycles. The third-order valence-electron chi connectivity index (χ3n) is 5.46. The van der Waals surface area contributed by atoms with E-state index >= 15 is 0 Å². The Morgan fingerprint density at radius 3 is 2.58 bits per heavy atom. The van der Waals surface area contributed by atoms with Crippen molar-refractivity contribution in [2.45, 2.75) is 31.3 Å². The number of urea groups is 1. The predicted octanol–water partition coefficient (Wildman–Crippen LogP) is 0.614. The number of nitrogens with two attached hydrogens (primary N) is 1. The highest BCUT2D eigenvalue weighted by molar-refractivity contribution is 7.80. The number of imide groups is 1. The van der Waals surface area contributed by atoms with Crippen LogP contribution in [-0.2, 0) is 30.7 Å². The normalized spacial score (nSPS) is 20.9. The molecular weight excluding hydrogens is 428 g/mol. The van der Waals surface area contributed by atoms with Gasteiger partial charge in [0, 0.05) is 6.54 Å². The second-order valence-corrected chi connectivity index (χ2v) is 8.47. The molecule has 4 amide bonds. The molecule has 11 nitrogen and oxygen atoms in total. The van der Waals surface area contributed by atoms with Gasteiger partial charge in [-0.15, -0.1) is 4.28 Å². The number of amides is 4. The maximum absolute atomic E-state index is 12.8. The summed E-state index contributed by atoms with van der Waals surface area (Å²) in [6.07, 6.45) is 0.298. The van der Waals surface area contributed by atoms with Crippen LogP contribution in [0.25, 0.3) is 10.8 Å². The van der Waals surface area contributed by atoms with Crippen LogP contribution in [0.2, 0.25) is 0 Å². The topological polar surface area (TPSA) is 151 Å². The number of benzene rings is 2. The van der Waals surface area contributed by atoms with Crippen LogP contribution in [0, 0.1) is 0 Å². The van der Waals surface area contributed by atoms with Crippen molar-refractivity contribution in [2.24, 2.45) is 5.84 Å². The number of hydrazine groups is 1. The Balaban J connectivity index is 1.45. The summed E-state index contributed by atoms with van der Waals surface area (Å²) in [6.45, 7) is 0.0114. The van der Waals surface area contributed by atoms with Gasteiger partial charge in [0.1, 0.15) is 6.04 Å². The standard InChI is InChI=1S/C19H20N4O7S/c20-22(17(24)10-12-5-6-13-3-1-2-4-14(13)9-12)18(25)16-8-7-15-11-21(16)19(26)23(15)30-31(27,28)29/h1-6,9,15-16H,7-8,10-11,20H2,(H,27,28,29)/t15-,16+/m1/s1. The number of hydroxylamine groups is 2. The van der Waals surface area contributed by atoms with E-state index in [4.69, 9.17) is 10.4 Å². The smallest absolute Gasteiger partial charge is 0.309 e. The minimum absolute atomic E-state index is 0.0114. The number of fused-ring (bicyclic) bond motifs is 3. The van der Waals surface area contributed by atoms with Crippen LogP contribution < -0.4 is 5.84 Å². The second kappa shape index (κ2) is 7.89. The molecule has 3 N–H and O–H groups in total. The molecule has 12 heteroatoms. The Morgan fingerprint density at radius 2 is 1.87 bits per heavy atom. The number of piperidine rings is 1. The maximum atomic E-state index is 12.8. The number of nitrogens with zero attached hydrogens (tertiary/aromatic N) is 3. The maximum Gasteiger partial charge on any atom is 0.418 e. The van der Waals surface area contributed by atoms with Gasteiger partial charge in [0.15, 0.2) is 0 Å². The molecule has 2 aliphatic rings. The van der Waals surface area contributed by atoms with Gasteiger partial charge in [-0.05, 0) is 29.2 Å². The molecule has 0 spiro atoms.